The van der Waals surface area contributed by atoms with E-state index in [4.69, 9.17) is 4.74 Å². The molecular formula is C26H39FN3O6+. The Bertz CT molecular complexity index is 932. The number of ether oxygens (including phenoxy) is 1. The number of allylic oxidation sites excluding steroid dienone is 4. The zero-order chi connectivity index (χ0) is 26.8. The molecule has 1 atom stereocenters. The van der Waals surface area contributed by atoms with E-state index >= 15 is 0 Å². The second kappa shape index (κ2) is 13.9. The number of hydrogen-bond donors (Lipinski definition) is 3. The van der Waals surface area contributed by atoms with E-state index in [1.54, 1.807) is 48.5 Å². The molecule has 2 aliphatic rings. The van der Waals surface area contributed by atoms with Crippen molar-refractivity contribution < 1.29 is 38.6 Å². The first kappa shape index (κ1) is 29.3. The molecule has 0 aliphatic carbocycles. The molecule has 2 rings (SSSR count). The fraction of sp³-hybridized carbons (Fsp3) is 0.577. The largest absolute Gasteiger partial charge is 0.496 e. The van der Waals surface area contributed by atoms with Gasteiger partial charge in [-0.05, 0) is 56.9 Å². The Morgan fingerprint density at radius 3 is 2.53 bits per heavy atom. The van der Waals surface area contributed by atoms with Gasteiger partial charge in [0.05, 0.1) is 5.76 Å². The first-order valence-corrected chi connectivity index (χ1v) is 12.3. The van der Waals surface area contributed by atoms with E-state index in [1.165, 1.54) is 4.90 Å². The van der Waals surface area contributed by atoms with Crippen LogP contribution in [0, 0.1) is 5.92 Å². The summed E-state index contributed by atoms with van der Waals surface area (Å²) in [7, 11) is 0. The summed E-state index contributed by atoms with van der Waals surface area (Å²) in [6, 6.07) is -0.349. The van der Waals surface area contributed by atoms with Crippen LogP contribution in [-0.2, 0) is 14.3 Å². The van der Waals surface area contributed by atoms with Gasteiger partial charge in [-0.1, -0.05) is 12.7 Å². The first-order valence-electron chi connectivity index (χ1n) is 12.3. The number of rotatable bonds is 12. The predicted molar refractivity (Wildman–Crippen MR) is 134 cm³/mol. The maximum atomic E-state index is 13.3. The van der Waals surface area contributed by atoms with Crippen molar-refractivity contribution in [2.45, 2.75) is 58.8 Å². The molecule has 2 amide bonds. The lowest BCUT2D eigenvalue weighted by Crippen LogP contribution is -2.55. The van der Waals surface area contributed by atoms with Gasteiger partial charge in [0.2, 0.25) is 6.41 Å². The average Bonchev–Trinajstić information content (AvgIpc) is 2.86. The van der Waals surface area contributed by atoms with Crippen molar-refractivity contribution in [1.82, 2.24) is 9.80 Å². The van der Waals surface area contributed by atoms with Crippen LogP contribution in [0.2, 0.25) is 0 Å². The minimum atomic E-state index is -1.55. The third-order valence-electron chi connectivity index (χ3n) is 6.58. The van der Waals surface area contributed by atoms with Gasteiger partial charge in [-0.3, -0.25) is 4.79 Å². The molecule has 0 aromatic heterocycles. The number of amidine groups is 1. The molecule has 200 valence electrons. The molecule has 3 N–H and O–H groups in total. The molecule has 36 heavy (non-hydrogen) atoms. The highest BCUT2D eigenvalue weighted by Gasteiger charge is 2.46. The van der Waals surface area contributed by atoms with E-state index in [9.17, 15) is 29.3 Å². The van der Waals surface area contributed by atoms with Gasteiger partial charge in [0.1, 0.15) is 37.5 Å². The van der Waals surface area contributed by atoms with Crippen molar-refractivity contribution in [2.75, 3.05) is 32.9 Å². The Hall–Kier alpha value is -2.98. The summed E-state index contributed by atoms with van der Waals surface area (Å²) in [5.41, 5.74) is 1.70. The van der Waals surface area contributed by atoms with E-state index in [1.807, 2.05) is 0 Å². The molecule has 2 aliphatic heterocycles. The standard InChI is InChI=1S/C26H38FN3O6/c1-5-21(25(33)34)8-6-18(2)16-29-24(32)20(4)23(9-7-19(3)36-15-12-27)30(26(29)35)22-10-13-28(17-31)14-11-22/h5,7,9,17,20,22,25,33-34H,2,6,8,10-16H2,1,3-4H3/p+1/b19-7+,21-5+,23-9+. The molecule has 0 aromatic rings. The zero-order valence-corrected chi connectivity index (χ0v) is 21.4. The zero-order valence-electron chi connectivity index (χ0n) is 21.4. The van der Waals surface area contributed by atoms with Crippen LogP contribution < -0.4 is 0 Å². The minimum Gasteiger partial charge on any atom is -0.496 e. The van der Waals surface area contributed by atoms with Gasteiger partial charge in [-0.25, -0.2) is 9.18 Å². The lowest BCUT2D eigenvalue weighted by Gasteiger charge is -2.34. The highest BCUT2D eigenvalue weighted by molar-refractivity contribution is 5.96. The normalized spacial score (nSPS) is 21.6. The van der Waals surface area contributed by atoms with E-state index in [-0.39, 0.29) is 31.1 Å². The van der Waals surface area contributed by atoms with Crippen LogP contribution in [0.3, 0.4) is 0 Å². The average molecular weight is 509 g/mol. The number of nitrogens with zero attached hydrogens (tertiary/aromatic N) is 3. The number of carbonyl (C=O) groups excluding carboxylic acids is 2. The van der Waals surface area contributed by atoms with Crippen molar-refractivity contribution in [3.63, 3.8) is 0 Å². The predicted octanol–water partition coefficient (Wildman–Crippen LogP) is 2.38. The topological polar surface area (TPSA) is 114 Å². The van der Waals surface area contributed by atoms with Gasteiger partial charge in [-0.2, -0.15) is 9.48 Å². The lowest BCUT2D eigenvalue weighted by molar-refractivity contribution is -0.543. The molecule has 2 heterocycles. The number of likely N-dealkylation sites (tertiary alicyclic amines) is 1. The second-order valence-electron chi connectivity index (χ2n) is 9.08. The lowest BCUT2D eigenvalue weighted by atomic mass is 9.97. The summed E-state index contributed by atoms with van der Waals surface area (Å²) in [6.07, 6.45) is 6.26. The molecule has 0 spiro atoms. The fourth-order valence-electron chi connectivity index (χ4n) is 4.41. The van der Waals surface area contributed by atoms with E-state index in [0.29, 0.717) is 61.4 Å². The van der Waals surface area contributed by atoms with Gasteiger partial charge in [-0.15, -0.1) is 0 Å². The molecule has 9 nitrogen and oxygen atoms in total. The van der Waals surface area contributed by atoms with Gasteiger partial charge in [0, 0.05) is 25.9 Å². The molecule has 1 fully saturated rings. The molecule has 0 saturated carbocycles. The highest BCUT2D eigenvalue weighted by Crippen LogP contribution is 2.28. The Morgan fingerprint density at radius 1 is 1.31 bits per heavy atom. The van der Waals surface area contributed by atoms with Gasteiger partial charge < -0.3 is 25.0 Å². The van der Waals surface area contributed by atoms with Crippen molar-refractivity contribution in [1.29, 1.82) is 0 Å². The van der Waals surface area contributed by atoms with Crippen LogP contribution in [-0.4, -0.2) is 93.3 Å². The number of aliphatic hydroxyl groups is 3. The monoisotopic (exact) mass is 508 g/mol. The van der Waals surface area contributed by atoms with Crippen LogP contribution in [0.5, 0.6) is 0 Å². The number of amides is 2. The van der Waals surface area contributed by atoms with Crippen molar-refractivity contribution >= 4 is 18.3 Å². The fourth-order valence-corrected chi connectivity index (χ4v) is 4.41. The summed E-state index contributed by atoms with van der Waals surface area (Å²) < 4.78 is 19.5. The van der Waals surface area contributed by atoms with Crippen molar-refractivity contribution in [3.8, 4) is 0 Å². The number of alkyl halides is 1. The number of aliphatic hydroxyl groups excluding tert-OH is 2. The summed E-state index contributed by atoms with van der Waals surface area (Å²) in [4.78, 5) is 27.5. The Kier molecular flexibility index (Phi) is 11.3. The summed E-state index contributed by atoms with van der Waals surface area (Å²) >= 11 is 0. The highest BCUT2D eigenvalue weighted by atomic mass is 19.1. The van der Waals surface area contributed by atoms with Crippen LogP contribution in [0.4, 0.5) is 4.39 Å². The molecular weight excluding hydrogens is 469 g/mol. The third-order valence-corrected chi connectivity index (χ3v) is 6.58. The molecule has 1 saturated heterocycles. The SMILES string of the molecule is C=C(CC/C(=C\C)C(O)O)CN1C(=O)C(C)/C(=C\C=C(/C)OCCF)[N+](C2CCN(C=O)CC2)=C1O. The molecule has 1 unspecified atom stereocenters. The number of halogens is 1. The van der Waals surface area contributed by atoms with Gasteiger partial charge in [0.25, 0.3) is 0 Å². The quantitative estimate of drug-likeness (QED) is 0.123. The van der Waals surface area contributed by atoms with Crippen LogP contribution in [0.25, 0.3) is 0 Å². The maximum Gasteiger partial charge on any atom is 0.456 e. The first-order chi connectivity index (χ1) is 17.1. The van der Waals surface area contributed by atoms with Crippen molar-refractivity contribution in [3.05, 3.63) is 47.4 Å². The number of carbonyl (C=O) groups is 2. The number of hydrogen-bond acceptors (Lipinski definition) is 5. The molecule has 0 aromatic carbocycles. The smallest absolute Gasteiger partial charge is 0.456 e. The summed E-state index contributed by atoms with van der Waals surface area (Å²) in [6.45, 7) is 9.66. The minimum absolute atomic E-state index is 0.0661. The van der Waals surface area contributed by atoms with E-state index < -0.39 is 18.9 Å². The van der Waals surface area contributed by atoms with E-state index in [0.717, 1.165) is 6.41 Å². The Morgan fingerprint density at radius 2 is 1.97 bits per heavy atom. The molecule has 0 radical (unpaired) electrons. The summed E-state index contributed by atoms with van der Waals surface area (Å²) in [5, 5.41) is 30.2. The van der Waals surface area contributed by atoms with Gasteiger partial charge >= 0.3 is 11.9 Å². The van der Waals surface area contributed by atoms with Crippen LogP contribution in [0.1, 0.15) is 46.5 Å². The Labute approximate surface area is 212 Å². The van der Waals surface area contributed by atoms with Crippen molar-refractivity contribution in [2.24, 2.45) is 5.92 Å². The maximum absolute atomic E-state index is 13.3. The molecule has 0 bridgehead atoms. The van der Waals surface area contributed by atoms with Crippen LogP contribution >= 0.6 is 0 Å². The van der Waals surface area contributed by atoms with Crippen LogP contribution in [0.15, 0.2) is 47.4 Å². The second-order valence-corrected chi connectivity index (χ2v) is 9.08. The summed E-state index contributed by atoms with van der Waals surface area (Å²) in [5.74, 6) is -0.407. The molecule has 10 heteroatoms. The third kappa shape index (κ3) is 7.51. The number of piperidine rings is 1. The Balaban J connectivity index is 2.37. The van der Waals surface area contributed by atoms with E-state index in [2.05, 4.69) is 6.58 Å². The van der Waals surface area contributed by atoms with Gasteiger partial charge in [0.15, 0.2) is 6.29 Å².